The molecule has 0 unspecified atom stereocenters. The highest BCUT2D eigenvalue weighted by Crippen LogP contribution is 2.15. The number of primary sulfonamides is 1. The Balaban J connectivity index is 3.39. The van der Waals surface area contributed by atoms with Gasteiger partial charge in [-0.25, -0.2) is 13.6 Å². The predicted octanol–water partition coefficient (Wildman–Crippen LogP) is 1.25. The van der Waals surface area contributed by atoms with E-state index in [1.165, 1.54) is 6.07 Å². The average molecular weight is 297 g/mol. The molecular formula is C7H8INO2S. The normalized spacial score (nSPS) is 11.6. The molecule has 0 aliphatic heterocycles. The molecule has 0 heterocycles. The van der Waals surface area contributed by atoms with Crippen molar-refractivity contribution in [1.29, 1.82) is 0 Å². The van der Waals surface area contributed by atoms with Gasteiger partial charge in [-0.1, -0.05) is 0 Å². The number of sulfonamides is 1. The van der Waals surface area contributed by atoms with Crippen molar-refractivity contribution in [3.8, 4) is 0 Å². The molecule has 0 radical (unpaired) electrons. The number of hydrogen-bond acceptors (Lipinski definition) is 2. The second-order valence-electron chi connectivity index (χ2n) is 2.45. The molecule has 0 bridgehead atoms. The molecule has 5 heteroatoms. The van der Waals surface area contributed by atoms with E-state index < -0.39 is 10.0 Å². The molecule has 1 rings (SSSR count). The average Bonchev–Trinajstić information content (AvgIpc) is 1.83. The van der Waals surface area contributed by atoms with Crippen molar-refractivity contribution in [3.05, 3.63) is 27.3 Å². The molecular weight excluding hydrogens is 289 g/mol. The highest BCUT2D eigenvalue weighted by molar-refractivity contribution is 14.1. The van der Waals surface area contributed by atoms with Gasteiger partial charge in [-0.3, -0.25) is 0 Å². The Bertz CT molecular complexity index is 400. The van der Waals surface area contributed by atoms with Gasteiger partial charge in [0.2, 0.25) is 10.0 Å². The second-order valence-corrected chi connectivity index (χ2v) is 5.23. The van der Waals surface area contributed by atoms with E-state index in [9.17, 15) is 8.42 Å². The topological polar surface area (TPSA) is 60.2 Å². The Morgan fingerprint density at radius 1 is 1.42 bits per heavy atom. The lowest BCUT2D eigenvalue weighted by Crippen LogP contribution is -2.13. The van der Waals surface area contributed by atoms with E-state index in [2.05, 4.69) is 22.6 Å². The van der Waals surface area contributed by atoms with Gasteiger partial charge in [-0.2, -0.15) is 0 Å². The Kier molecular flexibility index (Phi) is 2.74. The van der Waals surface area contributed by atoms with Gasteiger partial charge < -0.3 is 0 Å². The zero-order chi connectivity index (χ0) is 9.35. The molecule has 1 aromatic rings. The molecule has 3 nitrogen and oxygen atoms in total. The first kappa shape index (κ1) is 9.94. The van der Waals surface area contributed by atoms with E-state index in [0.717, 1.165) is 3.57 Å². The van der Waals surface area contributed by atoms with Crippen LogP contribution in [0.15, 0.2) is 23.1 Å². The maximum absolute atomic E-state index is 10.9. The van der Waals surface area contributed by atoms with Crippen molar-refractivity contribution in [3.63, 3.8) is 0 Å². The van der Waals surface area contributed by atoms with E-state index in [1.54, 1.807) is 19.1 Å². The lowest BCUT2D eigenvalue weighted by Gasteiger charge is -2.02. The minimum absolute atomic E-state index is 0.197. The zero-order valence-corrected chi connectivity index (χ0v) is 9.39. The quantitative estimate of drug-likeness (QED) is 0.793. The molecule has 2 N–H and O–H groups in total. The van der Waals surface area contributed by atoms with Crippen LogP contribution in [0.2, 0.25) is 0 Å². The highest BCUT2D eigenvalue weighted by atomic mass is 127. The third kappa shape index (κ3) is 2.18. The molecule has 0 amide bonds. The van der Waals surface area contributed by atoms with E-state index in [-0.39, 0.29) is 4.90 Å². The summed E-state index contributed by atoms with van der Waals surface area (Å²) in [5.74, 6) is 0. The Morgan fingerprint density at radius 2 is 2.00 bits per heavy atom. The van der Waals surface area contributed by atoms with Gasteiger partial charge in [-0.15, -0.1) is 0 Å². The molecule has 1 aromatic carbocycles. The first-order chi connectivity index (χ1) is 5.41. The number of nitrogens with two attached hydrogens (primary N) is 1. The van der Waals surface area contributed by atoms with Crippen LogP contribution in [0.1, 0.15) is 5.56 Å². The second kappa shape index (κ2) is 3.31. The fourth-order valence-corrected chi connectivity index (χ4v) is 2.34. The van der Waals surface area contributed by atoms with E-state index in [0.29, 0.717) is 5.56 Å². The molecule has 0 fully saturated rings. The molecule has 0 aliphatic carbocycles. The van der Waals surface area contributed by atoms with Crippen molar-refractivity contribution in [1.82, 2.24) is 0 Å². The van der Waals surface area contributed by atoms with Crippen molar-refractivity contribution in [2.24, 2.45) is 5.14 Å². The maximum Gasteiger partial charge on any atom is 0.238 e. The summed E-state index contributed by atoms with van der Waals surface area (Å²) >= 11 is 2.11. The summed E-state index contributed by atoms with van der Waals surface area (Å²) < 4.78 is 22.9. The molecule has 0 saturated heterocycles. The molecule has 0 saturated carbocycles. The third-order valence-corrected chi connectivity index (χ3v) is 3.19. The largest absolute Gasteiger partial charge is 0.238 e. The first-order valence-electron chi connectivity index (χ1n) is 3.20. The summed E-state index contributed by atoms with van der Waals surface area (Å²) in [4.78, 5) is 0.197. The molecule has 66 valence electrons. The van der Waals surface area contributed by atoms with Crippen LogP contribution < -0.4 is 5.14 Å². The van der Waals surface area contributed by atoms with Crippen LogP contribution in [0.3, 0.4) is 0 Å². The number of rotatable bonds is 1. The summed E-state index contributed by atoms with van der Waals surface area (Å²) in [7, 11) is -3.55. The fraction of sp³-hybridized carbons (Fsp3) is 0.143. The lowest BCUT2D eigenvalue weighted by molar-refractivity contribution is 0.597. The molecule has 0 atom stereocenters. The van der Waals surface area contributed by atoms with Gasteiger partial charge in [-0.05, 0) is 53.3 Å². The molecule has 0 aliphatic rings. The molecule has 0 spiro atoms. The Hall–Kier alpha value is -0.140. The highest BCUT2D eigenvalue weighted by Gasteiger charge is 2.10. The van der Waals surface area contributed by atoms with E-state index in [1.807, 2.05) is 0 Å². The summed E-state index contributed by atoms with van der Waals surface area (Å²) in [5, 5.41) is 4.98. The predicted molar refractivity (Wildman–Crippen MR) is 55.3 cm³/mol. The number of halogens is 1. The first-order valence-corrected chi connectivity index (χ1v) is 5.83. The van der Waals surface area contributed by atoms with Crippen molar-refractivity contribution >= 4 is 32.6 Å². The van der Waals surface area contributed by atoms with Crippen molar-refractivity contribution < 1.29 is 8.42 Å². The smallest absolute Gasteiger partial charge is 0.225 e. The van der Waals surface area contributed by atoms with Crippen molar-refractivity contribution in [2.75, 3.05) is 0 Å². The van der Waals surface area contributed by atoms with Crippen LogP contribution in [0.25, 0.3) is 0 Å². The van der Waals surface area contributed by atoms with Crippen LogP contribution >= 0.6 is 22.6 Å². The summed E-state index contributed by atoms with van der Waals surface area (Å²) in [6.07, 6.45) is 0. The monoisotopic (exact) mass is 297 g/mol. The van der Waals surface area contributed by atoms with Gasteiger partial charge >= 0.3 is 0 Å². The number of benzene rings is 1. The zero-order valence-electron chi connectivity index (χ0n) is 6.41. The lowest BCUT2D eigenvalue weighted by atomic mass is 10.2. The third-order valence-electron chi connectivity index (χ3n) is 1.44. The van der Waals surface area contributed by atoms with Crippen molar-refractivity contribution in [2.45, 2.75) is 11.8 Å². The van der Waals surface area contributed by atoms with Gasteiger partial charge in [0.15, 0.2) is 0 Å². The maximum atomic E-state index is 10.9. The minimum Gasteiger partial charge on any atom is -0.225 e. The summed E-state index contributed by atoms with van der Waals surface area (Å²) in [6.45, 7) is 1.72. The Morgan fingerprint density at radius 3 is 2.42 bits per heavy atom. The van der Waals surface area contributed by atoms with Crippen LogP contribution in [0, 0.1) is 10.5 Å². The van der Waals surface area contributed by atoms with Crippen LogP contribution in [0.5, 0.6) is 0 Å². The van der Waals surface area contributed by atoms with Gasteiger partial charge in [0.1, 0.15) is 0 Å². The van der Waals surface area contributed by atoms with Gasteiger partial charge in [0, 0.05) is 3.57 Å². The van der Waals surface area contributed by atoms with Gasteiger partial charge in [0.05, 0.1) is 4.90 Å². The minimum atomic E-state index is -3.55. The Labute approximate surface area is 85.2 Å². The molecule has 0 aromatic heterocycles. The van der Waals surface area contributed by atoms with Crippen LogP contribution in [-0.4, -0.2) is 8.42 Å². The SMILES string of the molecule is Cc1cc(I)ccc1S(N)(=O)=O. The standard InChI is InChI=1S/C7H8INO2S/c1-5-4-6(8)2-3-7(5)12(9,10)11/h2-4H,1H3,(H2,9,10,11). The van der Waals surface area contributed by atoms with Crippen LogP contribution in [-0.2, 0) is 10.0 Å². The summed E-state index contributed by atoms with van der Waals surface area (Å²) in [6, 6.07) is 5.01. The molecule has 12 heavy (non-hydrogen) atoms. The van der Waals surface area contributed by atoms with Crippen LogP contribution in [0.4, 0.5) is 0 Å². The van der Waals surface area contributed by atoms with E-state index in [4.69, 9.17) is 5.14 Å². The van der Waals surface area contributed by atoms with Gasteiger partial charge in [0.25, 0.3) is 0 Å². The fourth-order valence-electron chi connectivity index (χ4n) is 0.932. The summed E-state index contributed by atoms with van der Waals surface area (Å²) in [5.41, 5.74) is 0.685. The van der Waals surface area contributed by atoms with E-state index >= 15 is 0 Å². The number of hydrogen-bond donors (Lipinski definition) is 1. The number of aryl methyl sites for hydroxylation is 1.